The molecule has 1 nitrogen and oxygen atoms in total. The molecule has 0 bridgehead atoms. The highest BCUT2D eigenvalue weighted by Gasteiger charge is 2.15. The van der Waals surface area contributed by atoms with Gasteiger partial charge in [0, 0.05) is 14.5 Å². The van der Waals surface area contributed by atoms with Gasteiger partial charge in [-0.2, -0.15) is 0 Å². The van der Waals surface area contributed by atoms with E-state index in [9.17, 15) is 0 Å². The van der Waals surface area contributed by atoms with Gasteiger partial charge in [0.1, 0.15) is 0 Å². The van der Waals surface area contributed by atoms with Crippen molar-refractivity contribution in [3.05, 3.63) is 0 Å². The molecule has 1 atom stereocenters. The Bertz CT molecular complexity index is 115. The first kappa shape index (κ1) is 10.5. The van der Waals surface area contributed by atoms with Crippen molar-refractivity contribution in [2.24, 2.45) is 0 Å². The Morgan fingerprint density at radius 3 is 2.20 bits per heavy atom. The third-order valence-electron chi connectivity index (χ3n) is 0.894. The van der Waals surface area contributed by atoms with E-state index >= 15 is 0 Å². The molecule has 0 amide bonds. The zero-order valence-electron chi connectivity index (χ0n) is 7.14. The van der Waals surface area contributed by atoms with E-state index < -0.39 is 0 Å². The largest absolute Gasteiger partial charge is 0.312 e. The van der Waals surface area contributed by atoms with E-state index in [1.165, 1.54) is 0 Å². The van der Waals surface area contributed by atoms with Gasteiger partial charge in [-0.3, -0.25) is 0 Å². The predicted octanol–water partition coefficient (Wildman–Crippen LogP) is 2.21. The summed E-state index contributed by atoms with van der Waals surface area (Å²) in [6, 6.07) is 0. The SMILES string of the molecule is CCCOS(=S)C(C)(C)C. The minimum atomic E-state index is -0.304. The maximum Gasteiger partial charge on any atom is 0.0614 e. The second kappa shape index (κ2) is 4.42. The highest BCUT2D eigenvalue weighted by molar-refractivity contribution is 8.26. The fourth-order valence-electron chi connectivity index (χ4n) is 0.336. The Balaban J connectivity index is 3.64. The molecule has 0 saturated carbocycles. The molecule has 0 saturated heterocycles. The van der Waals surface area contributed by atoms with Crippen LogP contribution in [0.2, 0.25) is 0 Å². The molecule has 0 radical (unpaired) electrons. The van der Waals surface area contributed by atoms with Crippen LogP contribution in [0.25, 0.3) is 0 Å². The van der Waals surface area contributed by atoms with Crippen LogP contribution in [0, 0.1) is 0 Å². The number of hydrogen-bond donors (Lipinski definition) is 0. The van der Waals surface area contributed by atoms with Crippen LogP contribution in [-0.2, 0) is 25.1 Å². The molecule has 10 heavy (non-hydrogen) atoms. The first-order valence-electron chi connectivity index (χ1n) is 3.53. The Morgan fingerprint density at radius 2 is 1.90 bits per heavy atom. The van der Waals surface area contributed by atoms with Gasteiger partial charge in [0.2, 0.25) is 0 Å². The third-order valence-corrected chi connectivity index (χ3v) is 4.06. The van der Waals surface area contributed by atoms with E-state index in [1.54, 1.807) is 0 Å². The van der Waals surface area contributed by atoms with Crippen LogP contribution in [0.1, 0.15) is 34.1 Å². The van der Waals surface area contributed by atoms with Crippen LogP contribution in [0.5, 0.6) is 0 Å². The summed E-state index contributed by atoms with van der Waals surface area (Å²) in [5.41, 5.74) is 0. The molecule has 0 aliphatic heterocycles. The summed E-state index contributed by atoms with van der Waals surface area (Å²) in [6.45, 7) is 9.22. The molecule has 62 valence electrons. The zero-order chi connectivity index (χ0) is 8.20. The van der Waals surface area contributed by atoms with E-state index in [1.807, 2.05) is 0 Å². The Morgan fingerprint density at radius 1 is 1.40 bits per heavy atom. The molecule has 0 heterocycles. The molecule has 1 unspecified atom stereocenters. The van der Waals surface area contributed by atoms with Gasteiger partial charge in [-0.05, 0) is 38.4 Å². The van der Waals surface area contributed by atoms with Gasteiger partial charge in [-0.1, -0.05) is 6.92 Å². The lowest BCUT2D eigenvalue weighted by Crippen LogP contribution is -2.22. The molecule has 0 N–H and O–H groups in total. The van der Waals surface area contributed by atoms with Crippen LogP contribution < -0.4 is 0 Å². The van der Waals surface area contributed by atoms with Gasteiger partial charge in [0.15, 0.2) is 0 Å². The first-order valence-corrected chi connectivity index (χ1v) is 5.61. The van der Waals surface area contributed by atoms with Crippen molar-refractivity contribution in [3.8, 4) is 0 Å². The summed E-state index contributed by atoms with van der Waals surface area (Å²) in [4.78, 5) is 0. The van der Waals surface area contributed by atoms with Gasteiger partial charge in [-0.25, -0.2) is 0 Å². The first-order chi connectivity index (χ1) is 4.48. The van der Waals surface area contributed by atoms with Crippen LogP contribution >= 0.6 is 0 Å². The molecule has 3 heteroatoms. The van der Waals surface area contributed by atoms with E-state index in [4.69, 9.17) is 15.4 Å². The topological polar surface area (TPSA) is 9.23 Å². The van der Waals surface area contributed by atoms with E-state index in [2.05, 4.69) is 27.7 Å². The van der Waals surface area contributed by atoms with Gasteiger partial charge in [-0.15, -0.1) is 0 Å². The van der Waals surface area contributed by atoms with E-state index in [0.29, 0.717) is 0 Å². The average molecular weight is 180 g/mol. The quantitative estimate of drug-likeness (QED) is 0.658. The monoisotopic (exact) mass is 180 g/mol. The molecular formula is C7H16OS2. The summed E-state index contributed by atoms with van der Waals surface area (Å²) < 4.78 is 5.53. The fourth-order valence-corrected chi connectivity index (χ4v) is 1.21. The molecule has 0 fully saturated rings. The molecule has 0 aromatic heterocycles. The van der Waals surface area contributed by atoms with E-state index in [-0.39, 0.29) is 14.5 Å². The standard InChI is InChI=1S/C7H16OS2/c1-5-6-8-10(9)7(2,3)4/h5-6H2,1-4H3. The maximum absolute atomic E-state index is 5.40. The van der Waals surface area contributed by atoms with Crippen LogP contribution in [-0.4, -0.2) is 11.4 Å². The summed E-state index contributed by atoms with van der Waals surface area (Å²) in [5.74, 6) is 0. The van der Waals surface area contributed by atoms with Gasteiger partial charge >= 0.3 is 0 Å². The van der Waals surface area contributed by atoms with E-state index in [0.717, 1.165) is 13.0 Å². The van der Waals surface area contributed by atoms with Gasteiger partial charge < -0.3 is 4.18 Å². The lowest BCUT2D eigenvalue weighted by atomic mass is 10.3. The highest BCUT2D eigenvalue weighted by atomic mass is 32.8. The molecule has 0 rings (SSSR count). The Hall–Kier alpha value is 0.530. The lowest BCUT2D eigenvalue weighted by Gasteiger charge is -2.19. The second-order valence-electron chi connectivity index (χ2n) is 3.17. The van der Waals surface area contributed by atoms with Gasteiger partial charge in [0.05, 0.1) is 6.61 Å². The average Bonchev–Trinajstić information content (AvgIpc) is 1.80. The highest BCUT2D eigenvalue weighted by Crippen LogP contribution is 2.12. The Labute approximate surface area is 71.0 Å². The minimum absolute atomic E-state index is 0.129. The molecular weight excluding hydrogens is 164 g/mol. The fraction of sp³-hybridized carbons (Fsp3) is 1.00. The second-order valence-corrected chi connectivity index (χ2v) is 6.01. The van der Waals surface area contributed by atoms with Crippen LogP contribution in [0.4, 0.5) is 0 Å². The third kappa shape index (κ3) is 4.36. The zero-order valence-corrected chi connectivity index (χ0v) is 8.77. The maximum atomic E-state index is 5.40. The van der Waals surface area contributed by atoms with Crippen molar-refractivity contribution in [2.45, 2.75) is 38.9 Å². The smallest absolute Gasteiger partial charge is 0.0614 e. The molecule has 0 aliphatic rings. The van der Waals surface area contributed by atoms with Crippen molar-refractivity contribution in [3.63, 3.8) is 0 Å². The minimum Gasteiger partial charge on any atom is -0.312 e. The summed E-state index contributed by atoms with van der Waals surface area (Å²) in [6.07, 6.45) is 1.05. The molecule has 0 aliphatic carbocycles. The van der Waals surface area contributed by atoms with Crippen molar-refractivity contribution in [2.75, 3.05) is 6.61 Å². The summed E-state index contributed by atoms with van der Waals surface area (Å²) >= 11 is 5.15. The van der Waals surface area contributed by atoms with Crippen molar-refractivity contribution in [1.82, 2.24) is 0 Å². The lowest BCUT2D eigenvalue weighted by molar-refractivity contribution is 0.360. The van der Waals surface area contributed by atoms with Crippen LogP contribution in [0.15, 0.2) is 0 Å². The molecule has 0 aromatic rings. The van der Waals surface area contributed by atoms with Crippen LogP contribution in [0.3, 0.4) is 0 Å². The summed E-state index contributed by atoms with van der Waals surface area (Å²) in [5, 5.41) is 0. The number of hydrogen-bond acceptors (Lipinski definition) is 2. The normalized spacial score (nSPS) is 15.2. The van der Waals surface area contributed by atoms with Gasteiger partial charge in [0.25, 0.3) is 0 Å². The Kier molecular flexibility index (Phi) is 4.65. The molecule has 0 spiro atoms. The summed E-state index contributed by atoms with van der Waals surface area (Å²) in [7, 11) is -0.304. The molecule has 0 aromatic carbocycles. The number of rotatable bonds is 3. The van der Waals surface area contributed by atoms with Crippen molar-refractivity contribution in [1.29, 1.82) is 0 Å². The predicted molar refractivity (Wildman–Crippen MR) is 50.7 cm³/mol. The van der Waals surface area contributed by atoms with Crippen molar-refractivity contribution < 1.29 is 4.18 Å². The van der Waals surface area contributed by atoms with Crippen molar-refractivity contribution >= 4 is 20.9 Å².